The molecule has 0 N–H and O–H groups in total. The van der Waals surface area contributed by atoms with Gasteiger partial charge in [0, 0.05) is 0 Å². The third-order valence-corrected chi connectivity index (χ3v) is 4.67. The molecule has 0 unspecified atom stereocenters. The maximum absolute atomic E-state index is 11.6. The van der Waals surface area contributed by atoms with Crippen molar-refractivity contribution < 1.29 is 19.1 Å². The van der Waals surface area contributed by atoms with Crippen LogP contribution in [0.15, 0.2) is 0 Å². The third-order valence-electron chi connectivity index (χ3n) is 4.67. The van der Waals surface area contributed by atoms with Crippen molar-refractivity contribution >= 4 is 11.9 Å². The normalized spacial score (nSPS) is 11.2. The fourth-order valence-corrected chi connectivity index (χ4v) is 2.96. The molecule has 0 bridgehead atoms. The molecule has 0 aliphatic rings. The summed E-state index contributed by atoms with van der Waals surface area (Å²) >= 11 is 0. The van der Waals surface area contributed by atoms with Crippen LogP contribution in [-0.2, 0) is 19.1 Å². The molecular weight excluding hydrogens is 340 g/mol. The minimum Gasteiger partial charge on any atom is -0.465 e. The first-order valence-corrected chi connectivity index (χ1v) is 11.2. The fraction of sp³-hybridized carbons (Fsp3) is 0.913. The molecule has 0 radical (unpaired) electrons. The van der Waals surface area contributed by atoms with Crippen molar-refractivity contribution in [3.05, 3.63) is 0 Å². The molecule has 0 spiro atoms. The molecule has 160 valence electrons. The van der Waals surface area contributed by atoms with Crippen LogP contribution in [0.4, 0.5) is 0 Å². The molecule has 0 heterocycles. The van der Waals surface area contributed by atoms with Gasteiger partial charge in [0.05, 0.1) is 13.2 Å². The number of ether oxygens (including phenoxy) is 2. The summed E-state index contributed by atoms with van der Waals surface area (Å²) in [6.07, 6.45) is 13.6. The van der Waals surface area contributed by atoms with E-state index in [0.29, 0.717) is 13.2 Å². The average molecular weight is 385 g/mol. The van der Waals surface area contributed by atoms with Gasteiger partial charge in [-0.3, -0.25) is 9.59 Å². The van der Waals surface area contributed by atoms with Gasteiger partial charge in [0.1, 0.15) is 6.42 Å². The number of unbranched alkanes of at least 4 members (excludes halogenated alkanes) is 8. The van der Waals surface area contributed by atoms with Crippen LogP contribution >= 0.6 is 0 Å². The molecule has 0 rings (SSSR count). The van der Waals surface area contributed by atoms with E-state index in [1.165, 1.54) is 51.4 Å². The van der Waals surface area contributed by atoms with Crippen LogP contribution in [0, 0.1) is 11.8 Å². The molecule has 0 aromatic rings. The predicted molar refractivity (Wildman–Crippen MR) is 112 cm³/mol. The summed E-state index contributed by atoms with van der Waals surface area (Å²) in [5.74, 6) is 0.628. The second-order valence-electron chi connectivity index (χ2n) is 8.52. The van der Waals surface area contributed by atoms with E-state index in [0.717, 1.165) is 37.5 Å². The van der Waals surface area contributed by atoms with Crippen LogP contribution in [0.5, 0.6) is 0 Å². The second kappa shape index (κ2) is 18.3. The predicted octanol–water partition coefficient (Wildman–Crippen LogP) is 6.46. The SMILES string of the molecule is CC(C)CCCCCCCOC(=O)CC(=O)OCCCCCCCC(C)C. The largest absolute Gasteiger partial charge is 0.465 e. The summed E-state index contributed by atoms with van der Waals surface area (Å²) in [5, 5.41) is 0. The Labute approximate surface area is 167 Å². The van der Waals surface area contributed by atoms with Crippen molar-refractivity contribution in [1.82, 2.24) is 0 Å². The Hall–Kier alpha value is -1.06. The topological polar surface area (TPSA) is 52.6 Å². The summed E-state index contributed by atoms with van der Waals surface area (Å²) in [6, 6.07) is 0. The number of hydrogen-bond donors (Lipinski definition) is 0. The van der Waals surface area contributed by atoms with Gasteiger partial charge in [-0.05, 0) is 24.7 Å². The summed E-state index contributed by atoms with van der Waals surface area (Å²) in [5.41, 5.74) is 0. The molecule has 0 saturated carbocycles. The zero-order valence-electron chi connectivity index (χ0n) is 18.4. The molecule has 0 fully saturated rings. The van der Waals surface area contributed by atoms with Gasteiger partial charge >= 0.3 is 11.9 Å². The molecule has 0 aliphatic carbocycles. The van der Waals surface area contributed by atoms with Gasteiger partial charge in [0.2, 0.25) is 0 Å². The van der Waals surface area contributed by atoms with Crippen LogP contribution in [-0.4, -0.2) is 25.2 Å². The molecule has 0 atom stereocenters. The highest BCUT2D eigenvalue weighted by atomic mass is 16.6. The number of rotatable bonds is 18. The molecule has 0 aromatic carbocycles. The molecule has 0 amide bonds. The van der Waals surface area contributed by atoms with Gasteiger partial charge in [-0.2, -0.15) is 0 Å². The van der Waals surface area contributed by atoms with Gasteiger partial charge in [0.15, 0.2) is 0 Å². The highest BCUT2D eigenvalue weighted by Crippen LogP contribution is 2.11. The van der Waals surface area contributed by atoms with Crippen molar-refractivity contribution in [2.75, 3.05) is 13.2 Å². The fourth-order valence-electron chi connectivity index (χ4n) is 2.96. The molecule has 27 heavy (non-hydrogen) atoms. The van der Waals surface area contributed by atoms with Gasteiger partial charge in [-0.15, -0.1) is 0 Å². The first-order chi connectivity index (χ1) is 12.9. The van der Waals surface area contributed by atoms with Gasteiger partial charge in [0.25, 0.3) is 0 Å². The van der Waals surface area contributed by atoms with E-state index in [1.807, 2.05) is 0 Å². The van der Waals surface area contributed by atoms with Crippen LogP contribution < -0.4 is 0 Å². The lowest BCUT2D eigenvalue weighted by Crippen LogP contribution is -2.15. The number of carbonyl (C=O) groups is 2. The third kappa shape index (κ3) is 21.1. The minimum absolute atomic E-state index is 0.261. The van der Waals surface area contributed by atoms with Crippen molar-refractivity contribution in [3.63, 3.8) is 0 Å². The van der Waals surface area contributed by atoms with E-state index in [9.17, 15) is 9.59 Å². The summed E-state index contributed by atoms with van der Waals surface area (Å²) < 4.78 is 10.2. The zero-order valence-corrected chi connectivity index (χ0v) is 18.4. The Morgan fingerprint density at radius 1 is 0.556 bits per heavy atom. The minimum atomic E-state index is -0.464. The van der Waals surface area contributed by atoms with Crippen LogP contribution in [0.3, 0.4) is 0 Å². The lowest BCUT2D eigenvalue weighted by Gasteiger charge is -2.07. The van der Waals surface area contributed by atoms with Crippen LogP contribution in [0.2, 0.25) is 0 Å². The van der Waals surface area contributed by atoms with E-state index in [-0.39, 0.29) is 6.42 Å². The molecule has 0 aliphatic heterocycles. The Kier molecular flexibility index (Phi) is 17.6. The molecule has 4 heteroatoms. The number of esters is 2. The standard InChI is InChI=1S/C23H44O4/c1-20(2)15-11-7-5-9-13-17-26-22(24)19-23(25)27-18-14-10-6-8-12-16-21(3)4/h20-21H,5-19H2,1-4H3. The highest BCUT2D eigenvalue weighted by Gasteiger charge is 2.11. The highest BCUT2D eigenvalue weighted by molar-refractivity contribution is 5.91. The summed E-state index contributed by atoms with van der Waals surface area (Å²) in [6.45, 7) is 9.82. The number of carbonyl (C=O) groups excluding carboxylic acids is 2. The average Bonchev–Trinajstić information content (AvgIpc) is 2.59. The second-order valence-corrected chi connectivity index (χ2v) is 8.52. The molecule has 4 nitrogen and oxygen atoms in total. The van der Waals surface area contributed by atoms with Gasteiger partial charge in [-0.25, -0.2) is 0 Å². The summed E-state index contributed by atoms with van der Waals surface area (Å²) in [4.78, 5) is 23.2. The van der Waals surface area contributed by atoms with Gasteiger partial charge < -0.3 is 9.47 Å². The number of hydrogen-bond acceptors (Lipinski definition) is 4. The van der Waals surface area contributed by atoms with E-state index in [2.05, 4.69) is 27.7 Å². The monoisotopic (exact) mass is 384 g/mol. The molecule has 0 aromatic heterocycles. The molecular formula is C23H44O4. The van der Waals surface area contributed by atoms with Crippen LogP contribution in [0.25, 0.3) is 0 Å². The van der Waals surface area contributed by atoms with E-state index in [1.54, 1.807) is 0 Å². The smallest absolute Gasteiger partial charge is 0.317 e. The van der Waals surface area contributed by atoms with Crippen molar-refractivity contribution in [2.24, 2.45) is 11.8 Å². The summed E-state index contributed by atoms with van der Waals surface area (Å²) in [7, 11) is 0. The Balaban J connectivity index is 3.38. The zero-order chi connectivity index (χ0) is 20.3. The van der Waals surface area contributed by atoms with E-state index >= 15 is 0 Å². The van der Waals surface area contributed by atoms with E-state index < -0.39 is 11.9 Å². The maximum atomic E-state index is 11.6. The lowest BCUT2D eigenvalue weighted by molar-refractivity contribution is -0.154. The Bertz CT molecular complexity index is 329. The quantitative estimate of drug-likeness (QED) is 0.155. The van der Waals surface area contributed by atoms with Crippen molar-refractivity contribution in [1.29, 1.82) is 0 Å². The first kappa shape index (κ1) is 25.9. The van der Waals surface area contributed by atoms with Crippen molar-refractivity contribution in [3.8, 4) is 0 Å². The van der Waals surface area contributed by atoms with Crippen LogP contribution in [0.1, 0.15) is 111 Å². The van der Waals surface area contributed by atoms with Gasteiger partial charge in [-0.1, -0.05) is 91.9 Å². The van der Waals surface area contributed by atoms with E-state index in [4.69, 9.17) is 9.47 Å². The first-order valence-electron chi connectivity index (χ1n) is 11.2. The Morgan fingerprint density at radius 3 is 1.26 bits per heavy atom. The molecule has 0 saturated heterocycles. The Morgan fingerprint density at radius 2 is 0.889 bits per heavy atom. The lowest BCUT2D eigenvalue weighted by atomic mass is 10.0. The maximum Gasteiger partial charge on any atom is 0.317 e. The van der Waals surface area contributed by atoms with Crippen molar-refractivity contribution in [2.45, 2.75) is 111 Å².